The fraction of sp³-hybridized carbons (Fsp3) is 0.556. The van der Waals surface area contributed by atoms with Crippen LogP contribution in [0, 0.1) is 0 Å². The molecule has 2 aromatic rings. The van der Waals surface area contributed by atoms with Crippen LogP contribution in [0.1, 0.15) is 26.7 Å². The monoisotopic (exact) mass is 374 g/mol. The van der Waals surface area contributed by atoms with E-state index in [0.717, 1.165) is 19.4 Å². The lowest BCUT2D eigenvalue weighted by molar-refractivity contribution is -0.230. The quantitative estimate of drug-likeness (QED) is 0.506. The number of ether oxygens (including phenoxy) is 1. The van der Waals surface area contributed by atoms with Gasteiger partial charge in [-0.15, -0.1) is 0 Å². The molecule has 9 nitrogen and oxygen atoms in total. The van der Waals surface area contributed by atoms with Gasteiger partial charge in [-0.25, -0.2) is 15.0 Å². The molecule has 146 valence electrons. The van der Waals surface area contributed by atoms with E-state index in [-0.39, 0.29) is 18.5 Å². The van der Waals surface area contributed by atoms with Crippen LogP contribution in [0.25, 0.3) is 11.4 Å². The lowest BCUT2D eigenvalue weighted by atomic mass is 10.2. The van der Waals surface area contributed by atoms with E-state index in [0.29, 0.717) is 30.5 Å². The molecule has 0 radical (unpaired) electrons. The van der Waals surface area contributed by atoms with Crippen LogP contribution in [0.2, 0.25) is 0 Å². The minimum absolute atomic E-state index is 0.00537. The predicted octanol–water partition coefficient (Wildman–Crippen LogP) is 1.41. The third-order valence-electron chi connectivity index (χ3n) is 4.59. The van der Waals surface area contributed by atoms with E-state index in [9.17, 15) is 4.79 Å². The maximum absolute atomic E-state index is 12.5. The minimum atomic E-state index is -0.133. The molecule has 0 bridgehead atoms. The summed E-state index contributed by atoms with van der Waals surface area (Å²) in [6, 6.07) is 3.24. The molecule has 3 heterocycles. The van der Waals surface area contributed by atoms with Gasteiger partial charge in [-0.2, -0.15) is 5.06 Å². The van der Waals surface area contributed by atoms with E-state index < -0.39 is 0 Å². The molecule has 3 rings (SSSR count). The fourth-order valence-corrected chi connectivity index (χ4v) is 3.22. The van der Waals surface area contributed by atoms with Gasteiger partial charge in [-0.3, -0.25) is 14.2 Å². The summed E-state index contributed by atoms with van der Waals surface area (Å²) in [5, 5.41) is 1.92. The Balaban J connectivity index is 1.92. The molecule has 1 atom stereocenters. The lowest BCUT2D eigenvalue weighted by Gasteiger charge is -2.35. The van der Waals surface area contributed by atoms with Crippen molar-refractivity contribution in [2.24, 2.45) is 7.05 Å². The van der Waals surface area contributed by atoms with Gasteiger partial charge in [0.25, 0.3) is 5.56 Å². The molecule has 0 aromatic carbocycles. The maximum Gasteiger partial charge on any atom is 0.255 e. The zero-order chi connectivity index (χ0) is 19.2. The Morgan fingerprint density at radius 3 is 2.89 bits per heavy atom. The average Bonchev–Trinajstić information content (AvgIpc) is 3.15. The second kappa shape index (κ2) is 9.03. The van der Waals surface area contributed by atoms with Crippen molar-refractivity contribution in [1.29, 1.82) is 0 Å². The topological polar surface area (TPSA) is 85.6 Å². The molecule has 1 aliphatic rings. The van der Waals surface area contributed by atoms with Crippen molar-refractivity contribution in [3.05, 3.63) is 35.0 Å². The molecule has 0 saturated carbocycles. The largest absolute Gasteiger partial charge is 0.354 e. The second-order valence-corrected chi connectivity index (χ2v) is 6.22. The van der Waals surface area contributed by atoms with Crippen LogP contribution in [0.15, 0.2) is 29.5 Å². The molecular weight excluding hydrogens is 348 g/mol. The van der Waals surface area contributed by atoms with Crippen molar-refractivity contribution in [3.63, 3.8) is 0 Å². The molecule has 0 amide bonds. The highest BCUT2D eigenvalue weighted by atomic mass is 16.8. The molecular formula is C18H26N6O3. The number of aromatic nitrogens is 4. The number of anilines is 1. The Morgan fingerprint density at radius 1 is 1.33 bits per heavy atom. The zero-order valence-electron chi connectivity index (χ0n) is 16.0. The summed E-state index contributed by atoms with van der Waals surface area (Å²) < 4.78 is 6.88. The summed E-state index contributed by atoms with van der Waals surface area (Å²) >= 11 is 0. The van der Waals surface area contributed by atoms with Crippen molar-refractivity contribution < 1.29 is 9.57 Å². The van der Waals surface area contributed by atoms with Crippen molar-refractivity contribution in [1.82, 2.24) is 24.6 Å². The minimum Gasteiger partial charge on any atom is -0.354 e. The van der Waals surface area contributed by atoms with Gasteiger partial charge >= 0.3 is 0 Å². The molecule has 0 N–H and O–H groups in total. The average molecular weight is 374 g/mol. The normalized spacial score (nSPS) is 17.4. The summed E-state index contributed by atoms with van der Waals surface area (Å²) in [7, 11) is 1.73. The second-order valence-electron chi connectivity index (χ2n) is 6.22. The Bertz CT molecular complexity index is 797. The summed E-state index contributed by atoms with van der Waals surface area (Å²) in [5.41, 5.74) is 1.02. The van der Waals surface area contributed by atoms with E-state index >= 15 is 0 Å². The third-order valence-corrected chi connectivity index (χ3v) is 4.59. The molecule has 0 aliphatic carbocycles. The molecule has 1 unspecified atom stereocenters. The standard InChI is InChI=1S/C18H26N6O3/c1-4-23(16-7-6-10-24(16)27-13-26-5-2)18-21-15(11-17(25)22(18)3)14-8-9-19-12-20-14/h8-9,11-12,16H,4-7,10,13H2,1-3H3. The van der Waals surface area contributed by atoms with E-state index in [2.05, 4.69) is 14.9 Å². The molecule has 0 spiro atoms. The number of nitrogens with zero attached hydrogens (tertiary/aromatic N) is 6. The first-order valence-corrected chi connectivity index (χ1v) is 9.24. The van der Waals surface area contributed by atoms with Crippen molar-refractivity contribution in [2.45, 2.75) is 32.9 Å². The zero-order valence-corrected chi connectivity index (χ0v) is 16.0. The number of hydroxylamine groups is 2. The summed E-state index contributed by atoms with van der Waals surface area (Å²) in [4.78, 5) is 33.3. The summed E-state index contributed by atoms with van der Waals surface area (Å²) in [6.45, 7) is 6.30. The highest BCUT2D eigenvalue weighted by molar-refractivity contribution is 5.55. The van der Waals surface area contributed by atoms with Crippen LogP contribution in [0.4, 0.5) is 5.95 Å². The van der Waals surface area contributed by atoms with Crippen LogP contribution < -0.4 is 10.5 Å². The van der Waals surface area contributed by atoms with Gasteiger partial charge in [-0.05, 0) is 32.8 Å². The SMILES string of the molecule is CCOCON1CCCC1N(CC)c1nc(-c2ccncn2)cc(=O)n1C. The van der Waals surface area contributed by atoms with Crippen LogP contribution in [-0.2, 0) is 16.6 Å². The molecule has 9 heteroatoms. The first-order chi connectivity index (χ1) is 13.2. The molecule has 1 saturated heterocycles. The van der Waals surface area contributed by atoms with Gasteiger partial charge in [0, 0.05) is 39.0 Å². The van der Waals surface area contributed by atoms with Gasteiger partial charge < -0.3 is 9.64 Å². The third kappa shape index (κ3) is 4.32. The van der Waals surface area contributed by atoms with Gasteiger partial charge in [-0.1, -0.05) is 0 Å². The number of rotatable bonds is 8. The van der Waals surface area contributed by atoms with Crippen molar-refractivity contribution >= 4 is 5.95 Å². The molecule has 27 heavy (non-hydrogen) atoms. The van der Waals surface area contributed by atoms with E-state index in [1.165, 1.54) is 12.4 Å². The van der Waals surface area contributed by atoms with Crippen LogP contribution in [0.5, 0.6) is 0 Å². The first-order valence-electron chi connectivity index (χ1n) is 9.24. The van der Waals surface area contributed by atoms with Gasteiger partial charge in [0.1, 0.15) is 12.5 Å². The highest BCUT2D eigenvalue weighted by Crippen LogP contribution is 2.26. The first kappa shape index (κ1) is 19.4. The van der Waals surface area contributed by atoms with Crippen LogP contribution in [-0.4, -0.2) is 57.2 Å². The predicted molar refractivity (Wildman–Crippen MR) is 101 cm³/mol. The number of hydrogen-bond acceptors (Lipinski definition) is 8. The maximum atomic E-state index is 12.5. The summed E-state index contributed by atoms with van der Waals surface area (Å²) in [5.74, 6) is 0.593. The Hall–Kier alpha value is -2.36. The highest BCUT2D eigenvalue weighted by Gasteiger charge is 2.32. The van der Waals surface area contributed by atoms with Gasteiger partial charge in [0.15, 0.2) is 6.79 Å². The molecule has 2 aromatic heterocycles. The van der Waals surface area contributed by atoms with Gasteiger partial charge in [0.05, 0.1) is 11.4 Å². The van der Waals surface area contributed by atoms with Crippen molar-refractivity contribution in [2.75, 3.05) is 31.4 Å². The van der Waals surface area contributed by atoms with Crippen molar-refractivity contribution in [3.8, 4) is 11.4 Å². The van der Waals surface area contributed by atoms with Crippen LogP contribution >= 0.6 is 0 Å². The fourth-order valence-electron chi connectivity index (χ4n) is 3.22. The molecule has 1 aliphatic heterocycles. The van der Waals surface area contributed by atoms with E-state index in [1.807, 2.05) is 18.9 Å². The smallest absolute Gasteiger partial charge is 0.255 e. The van der Waals surface area contributed by atoms with E-state index in [4.69, 9.17) is 14.6 Å². The lowest BCUT2D eigenvalue weighted by Crippen LogP contribution is -2.47. The Labute approximate surface area is 158 Å². The molecule has 1 fully saturated rings. The Kier molecular flexibility index (Phi) is 6.49. The number of hydrogen-bond donors (Lipinski definition) is 0. The van der Waals surface area contributed by atoms with Crippen LogP contribution in [0.3, 0.4) is 0 Å². The van der Waals surface area contributed by atoms with E-state index in [1.54, 1.807) is 23.9 Å². The summed E-state index contributed by atoms with van der Waals surface area (Å²) in [6.07, 6.45) is 5.01. The van der Waals surface area contributed by atoms with Gasteiger partial charge in [0.2, 0.25) is 5.95 Å². The Morgan fingerprint density at radius 2 is 2.19 bits per heavy atom.